The molecule has 0 heterocycles. The van der Waals surface area contributed by atoms with Crippen molar-refractivity contribution < 1.29 is 0 Å². The summed E-state index contributed by atoms with van der Waals surface area (Å²) in [5.41, 5.74) is 9.25. The summed E-state index contributed by atoms with van der Waals surface area (Å²) in [5, 5.41) is 0. The van der Waals surface area contributed by atoms with Crippen molar-refractivity contribution in [3.8, 4) is 0 Å². The highest BCUT2D eigenvalue weighted by molar-refractivity contribution is 7.98. The van der Waals surface area contributed by atoms with Crippen LogP contribution in [0.3, 0.4) is 0 Å². The Morgan fingerprint density at radius 3 is 2.24 bits per heavy atom. The molecule has 0 aliphatic carbocycles. The maximum atomic E-state index is 5.65. The van der Waals surface area contributed by atoms with Crippen molar-refractivity contribution in [2.75, 3.05) is 11.5 Å². The van der Waals surface area contributed by atoms with Crippen LogP contribution in [0, 0.1) is 0 Å². The van der Waals surface area contributed by atoms with E-state index < -0.39 is 0 Å². The molecule has 88 valence electrons. The number of aryl methyl sites for hydroxylation is 1. The number of nitrogens with two attached hydrogens (primary N) is 1. The van der Waals surface area contributed by atoms with Gasteiger partial charge in [0.25, 0.3) is 0 Å². The third kappa shape index (κ3) is 4.16. The molecule has 0 bridgehead atoms. The Kier molecular flexibility index (Phi) is 4.51. The standard InChI is InChI=1S/C15H17NS/c16-15-8-6-13(7-9-15)10-11-17-12-14-4-2-1-3-5-14/h1-9H,10-12,16H2. The summed E-state index contributed by atoms with van der Waals surface area (Å²) in [7, 11) is 0. The van der Waals surface area contributed by atoms with Crippen LogP contribution >= 0.6 is 11.8 Å². The van der Waals surface area contributed by atoms with Gasteiger partial charge >= 0.3 is 0 Å². The Bertz CT molecular complexity index is 436. The molecule has 17 heavy (non-hydrogen) atoms. The highest BCUT2D eigenvalue weighted by atomic mass is 32.2. The van der Waals surface area contributed by atoms with Crippen LogP contribution in [-0.2, 0) is 12.2 Å². The molecule has 0 fully saturated rings. The fraction of sp³-hybridized carbons (Fsp3) is 0.200. The molecule has 0 atom stereocenters. The monoisotopic (exact) mass is 243 g/mol. The van der Waals surface area contributed by atoms with Crippen LogP contribution in [0.5, 0.6) is 0 Å². The van der Waals surface area contributed by atoms with E-state index in [2.05, 4.69) is 42.5 Å². The summed E-state index contributed by atoms with van der Waals surface area (Å²) in [6.07, 6.45) is 1.11. The van der Waals surface area contributed by atoms with Crippen molar-refractivity contribution in [3.63, 3.8) is 0 Å². The third-order valence-corrected chi connectivity index (χ3v) is 3.66. The molecule has 1 nitrogen and oxygen atoms in total. The molecule has 2 N–H and O–H groups in total. The quantitative estimate of drug-likeness (QED) is 0.639. The van der Waals surface area contributed by atoms with Gasteiger partial charge in [-0.25, -0.2) is 0 Å². The molecule has 0 aliphatic heterocycles. The van der Waals surface area contributed by atoms with Crippen molar-refractivity contribution in [2.24, 2.45) is 0 Å². The zero-order valence-corrected chi connectivity index (χ0v) is 10.6. The Hall–Kier alpha value is -1.41. The number of benzene rings is 2. The highest BCUT2D eigenvalue weighted by Crippen LogP contribution is 2.14. The van der Waals surface area contributed by atoms with Crippen LogP contribution in [0.1, 0.15) is 11.1 Å². The average Bonchev–Trinajstić information content (AvgIpc) is 2.38. The first-order chi connectivity index (χ1) is 8.34. The van der Waals surface area contributed by atoms with E-state index >= 15 is 0 Å². The van der Waals surface area contributed by atoms with Gasteiger partial charge in [0.05, 0.1) is 0 Å². The van der Waals surface area contributed by atoms with Crippen molar-refractivity contribution in [1.82, 2.24) is 0 Å². The van der Waals surface area contributed by atoms with E-state index in [-0.39, 0.29) is 0 Å². The van der Waals surface area contributed by atoms with Gasteiger partial charge in [0.15, 0.2) is 0 Å². The smallest absolute Gasteiger partial charge is 0.0314 e. The van der Waals surface area contributed by atoms with E-state index in [9.17, 15) is 0 Å². The van der Waals surface area contributed by atoms with Gasteiger partial charge in [-0.2, -0.15) is 11.8 Å². The van der Waals surface area contributed by atoms with E-state index in [0.717, 1.165) is 23.6 Å². The van der Waals surface area contributed by atoms with Crippen LogP contribution in [0.2, 0.25) is 0 Å². The van der Waals surface area contributed by atoms with Gasteiger partial charge in [-0.3, -0.25) is 0 Å². The zero-order chi connectivity index (χ0) is 11.9. The number of hydrogen-bond donors (Lipinski definition) is 1. The van der Waals surface area contributed by atoms with Gasteiger partial charge in [-0.05, 0) is 35.4 Å². The Balaban J connectivity index is 1.71. The molecular weight excluding hydrogens is 226 g/mol. The van der Waals surface area contributed by atoms with Gasteiger partial charge in [-0.15, -0.1) is 0 Å². The second-order valence-electron chi connectivity index (χ2n) is 4.03. The minimum Gasteiger partial charge on any atom is -0.399 e. The van der Waals surface area contributed by atoms with Crippen molar-refractivity contribution >= 4 is 17.4 Å². The molecule has 2 aromatic carbocycles. The van der Waals surface area contributed by atoms with Crippen molar-refractivity contribution in [1.29, 1.82) is 0 Å². The molecule has 0 aromatic heterocycles. The topological polar surface area (TPSA) is 26.0 Å². The summed E-state index contributed by atoms with van der Waals surface area (Å²) in [6.45, 7) is 0. The van der Waals surface area contributed by atoms with Gasteiger partial charge in [0.1, 0.15) is 0 Å². The molecular formula is C15H17NS. The predicted molar refractivity (Wildman–Crippen MR) is 77.2 cm³/mol. The summed E-state index contributed by atoms with van der Waals surface area (Å²) >= 11 is 1.97. The molecule has 0 amide bonds. The fourth-order valence-electron chi connectivity index (χ4n) is 1.64. The Morgan fingerprint density at radius 1 is 0.824 bits per heavy atom. The number of rotatable bonds is 5. The second kappa shape index (κ2) is 6.36. The summed E-state index contributed by atoms with van der Waals surface area (Å²) in [6, 6.07) is 18.8. The minimum atomic E-state index is 0.839. The number of hydrogen-bond acceptors (Lipinski definition) is 2. The number of thioether (sulfide) groups is 1. The molecule has 0 radical (unpaired) electrons. The van der Waals surface area contributed by atoms with E-state index in [0.29, 0.717) is 0 Å². The van der Waals surface area contributed by atoms with Crippen LogP contribution in [0.4, 0.5) is 5.69 Å². The lowest BCUT2D eigenvalue weighted by Crippen LogP contribution is -1.91. The van der Waals surface area contributed by atoms with Crippen LogP contribution < -0.4 is 5.73 Å². The third-order valence-electron chi connectivity index (χ3n) is 2.63. The largest absolute Gasteiger partial charge is 0.399 e. The van der Waals surface area contributed by atoms with E-state index in [1.807, 2.05) is 23.9 Å². The predicted octanol–water partition coefficient (Wildman–Crippen LogP) is 3.74. The molecule has 2 rings (SSSR count). The van der Waals surface area contributed by atoms with Gasteiger partial charge < -0.3 is 5.73 Å². The Labute approximate surface area is 107 Å². The van der Waals surface area contributed by atoms with Gasteiger partial charge in [0.2, 0.25) is 0 Å². The summed E-state index contributed by atoms with van der Waals surface area (Å²) in [5.74, 6) is 2.24. The second-order valence-corrected chi connectivity index (χ2v) is 5.13. The van der Waals surface area contributed by atoms with E-state index in [4.69, 9.17) is 5.73 Å². The summed E-state index contributed by atoms with van der Waals surface area (Å²) in [4.78, 5) is 0. The fourth-order valence-corrected chi connectivity index (χ4v) is 2.59. The maximum absolute atomic E-state index is 5.65. The molecule has 0 unspecified atom stereocenters. The molecule has 0 aliphatic rings. The molecule has 2 aromatic rings. The number of nitrogen functional groups attached to an aromatic ring is 1. The normalized spacial score (nSPS) is 10.4. The highest BCUT2D eigenvalue weighted by Gasteiger charge is 1.95. The molecule has 0 spiro atoms. The maximum Gasteiger partial charge on any atom is 0.0314 e. The van der Waals surface area contributed by atoms with Gasteiger partial charge in [-0.1, -0.05) is 42.5 Å². The van der Waals surface area contributed by atoms with Gasteiger partial charge in [0, 0.05) is 11.4 Å². The zero-order valence-electron chi connectivity index (χ0n) is 9.80. The lowest BCUT2D eigenvalue weighted by Gasteiger charge is -2.03. The molecule has 0 saturated heterocycles. The lowest BCUT2D eigenvalue weighted by atomic mass is 10.2. The van der Waals surface area contributed by atoms with Crippen molar-refractivity contribution in [3.05, 3.63) is 65.7 Å². The summed E-state index contributed by atoms with van der Waals surface area (Å²) < 4.78 is 0. The first-order valence-corrected chi connectivity index (χ1v) is 6.96. The van der Waals surface area contributed by atoms with Crippen LogP contribution in [-0.4, -0.2) is 5.75 Å². The molecule has 2 heteroatoms. The lowest BCUT2D eigenvalue weighted by molar-refractivity contribution is 1.15. The van der Waals surface area contributed by atoms with Crippen LogP contribution in [0.25, 0.3) is 0 Å². The van der Waals surface area contributed by atoms with Crippen LogP contribution in [0.15, 0.2) is 54.6 Å². The van der Waals surface area contributed by atoms with Crippen molar-refractivity contribution in [2.45, 2.75) is 12.2 Å². The average molecular weight is 243 g/mol. The number of anilines is 1. The Morgan fingerprint density at radius 2 is 1.53 bits per heavy atom. The first kappa shape index (κ1) is 12.1. The SMILES string of the molecule is Nc1ccc(CCSCc2ccccc2)cc1. The molecule has 0 saturated carbocycles. The first-order valence-electron chi connectivity index (χ1n) is 5.81. The minimum absolute atomic E-state index is 0.839. The van der Waals surface area contributed by atoms with E-state index in [1.54, 1.807) is 0 Å². The van der Waals surface area contributed by atoms with E-state index in [1.165, 1.54) is 11.1 Å².